The number of rotatable bonds is 1. The Labute approximate surface area is 86.1 Å². The van der Waals surface area contributed by atoms with Gasteiger partial charge in [-0.1, -0.05) is 17.7 Å². The van der Waals surface area contributed by atoms with E-state index in [9.17, 15) is 0 Å². The van der Waals surface area contributed by atoms with Gasteiger partial charge in [-0.05, 0) is 43.5 Å². The van der Waals surface area contributed by atoms with Crippen LogP contribution in [0.2, 0.25) is 0 Å². The summed E-state index contributed by atoms with van der Waals surface area (Å²) < 4.78 is 0. The first kappa shape index (κ1) is 9.32. The Hall–Kier alpha value is -1.24. The van der Waals surface area contributed by atoms with Crippen molar-refractivity contribution in [2.45, 2.75) is 20.3 Å². The maximum Gasteiger partial charge on any atom is 0.0397 e. The molecule has 1 aliphatic heterocycles. The first-order valence-corrected chi connectivity index (χ1v) is 5.16. The maximum absolute atomic E-state index is 2.32. The van der Waals surface area contributed by atoms with Crippen LogP contribution in [0.3, 0.4) is 0 Å². The van der Waals surface area contributed by atoms with Gasteiger partial charge in [-0.15, -0.1) is 0 Å². The molecule has 1 nitrogen and oxygen atoms in total. The Morgan fingerprint density at radius 3 is 2.86 bits per heavy atom. The Bertz CT molecular complexity index is 373. The monoisotopic (exact) mass is 187 g/mol. The van der Waals surface area contributed by atoms with E-state index in [0.717, 1.165) is 6.54 Å². The van der Waals surface area contributed by atoms with Crippen molar-refractivity contribution in [3.05, 3.63) is 34.9 Å². The maximum atomic E-state index is 2.32. The lowest BCUT2D eigenvalue weighted by atomic mass is 10.1. The van der Waals surface area contributed by atoms with E-state index < -0.39 is 0 Å². The van der Waals surface area contributed by atoms with Gasteiger partial charge >= 0.3 is 0 Å². The highest BCUT2D eigenvalue weighted by Crippen LogP contribution is 2.27. The molecule has 0 spiro atoms. The van der Waals surface area contributed by atoms with E-state index in [1.165, 1.54) is 28.8 Å². The van der Waals surface area contributed by atoms with Crippen molar-refractivity contribution in [1.29, 1.82) is 0 Å². The number of fused-ring (bicyclic) bond motifs is 1. The highest BCUT2D eigenvalue weighted by molar-refractivity contribution is 5.63. The quantitative estimate of drug-likeness (QED) is 0.653. The lowest BCUT2D eigenvalue weighted by molar-refractivity contribution is 0.956. The largest absolute Gasteiger partial charge is 0.374 e. The van der Waals surface area contributed by atoms with E-state index in [1.807, 2.05) is 0 Å². The molecule has 0 aromatic heterocycles. The van der Waals surface area contributed by atoms with Crippen LogP contribution < -0.4 is 4.90 Å². The molecule has 0 radical (unpaired) electrons. The minimum absolute atomic E-state index is 1.16. The minimum Gasteiger partial charge on any atom is -0.374 e. The number of hydrogen-bond acceptors (Lipinski definition) is 1. The summed E-state index contributed by atoms with van der Waals surface area (Å²) >= 11 is 0. The Kier molecular flexibility index (Phi) is 2.32. The van der Waals surface area contributed by atoms with Crippen molar-refractivity contribution >= 4 is 11.8 Å². The summed E-state index contributed by atoms with van der Waals surface area (Å²) in [6.07, 6.45) is 3.43. The van der Waals surface area contributed by atoms with Crippen LogP contribution in [0.5, 0.6) is 0 Å². The Balaban J connectivity index is 2.37. The van der Waals surface area contributed by atoms with Crippen LogP contribution >= 0.6 is 0 Å². The third-order valence-electron chi connectivity index (χ3n) is 2.69. The van der Waals surface area contributed by atoms with Gasteiger partial charge in [0.15, 0.2) is 0 Å². The average molecular weight is 187 g/mol. The lowest BCUT2D eigenvalue weighted by Crippen LogP contribution is -2.12. The third kappa shape index (κ3) is 1.67. The van der Waals surface area contributed by atoms with Crippen LogP contribution in [-0.2, 0) is 6.42 Å². The van der Waals surface area contributed by atoms with Crippen LogP contribution in [0.1, 0.15) is 25.0 Å². The second-order valence-electron chi connectivity index (χ2n) is 4.28. The summed E-state index contributed by atoms with van der Waals surface area (Å²) in [7, 11) is 2.16. The lowest BCUT2D eigenvalue weighted by Gasteiger charge is -2.11. The summed E-state index contributed by atoms with van der Waals surface area (Å²) in [5.74, 6) is 0. The molecule has 0 bridgehead atoms. The summed E-state index contributed by atoms with van der Waals surface area (Å²) in [6, 6.07) is 6.75. The van der Waals surface area contributed by atoms with Crippen molar-refractivity contribution in [2.24, 2.45) is 0 Å². The van der Waals surface area contributed by atoms with Gasteiger partial charge in [0.05, 0.1) is 0 Å². The van der Waals surface area contributed by atoms with Crippen molar-refractivity contribution in [3.63, 3.8) is 0 Å². The SMILES string of the molecule is CC(C)=Cc1ccc2c(c1)CCN2C. The number of anilines is 1. The molecule has 1 heterocycles. The molecular weight excluding hydrogens is 170 g/mol. The minimum atomic E-state index is 1.16. The number of likely N-dealkylation sites (N-methyl/N-ethyl adjacent to an activating group) is 1. The topological polar surface area (TPSA) is 3.24 Å². The fourth-order valence-corrected chi connectivity index (χ4v) is 2.01. The predicted molar refractivity (Wildman–Crippen MR) is 62.7 cm³/mol. The summed E-state index contributed by atoms with van der Waals surface area (Å²) in [6.45, 7) is 5.44. The molecule has 0 saturated carbocycles. The predicted octanol–water partition coefficient (Wildman–Crippen LogP) is 3.10. The fraction of sp³-hybridized carbons (Fsp3) is 0.385. The molecule has 1 aliphatic rings. The zero-order chi connectivity index (χ0) is 10.1. The van der Waals surface area contributed by atoms with Crippen molar-refractivity contribution < 1.29 is 0 Å². The smallest absolute Gasteiger partial charge is 0.0397 e. The molecule has 0 atom stereocenters. The van der Waals surface area contributed by atoms with Crippen molar-refractivity contribution in [2.75, 3.05) is 18.5 Å². The zero-order valence-electron chi connectivity index (χ0n) is 9.17. The van der Waals surface area contributed by atoms with Crippen LogP contribution in [0.25, 0.3) is 6.08 Å². The Morgan fingerprint density at radius 1 is 1.36 bits per heavy atom. The van der Waals surface area contributed by atoms with Gasteiger partial charge in [0.25, 0.3) is 0 Å². The van der Waals surface area contributed by atoms with Gasteiger partial charge in [0.2, 0.25) is 0 Å². The van der Waals surface area contributed by atoms with Gasteiger partial charge in [0.1, 0.15) is 0 Å². The molecule has 0 amide bonds. The van der Waals surface area contributed by atoms with Gasteiger partial charge in [-0.25, -0.2) is 0 Å². The van der Waals surface area contributed by atoms with Gasteiger partial charge in [-0.3, -0.25) is 0 Å². The van der Waals surface area contributed by atoms with E-state index in [0.29, 0.717) is 0 Å². The first-order chi connectivity index (χ1) is 6.66. The fourth-order valence-electron chi connectivity index (χ4n) is 2.01. The van der Waals surface area contributed by atoms with E-state index in [-0.39, 0.29) is 0 Å². The van der Waals surface area contributed by atoms with Gasteiger partial charge in [-0.2, -0.15) is 0 Å². The van der Waals surface area contributed by atoms with Gasteiger partial charge < -0.3 is 4.90 Å². The van der Waals surface area contributed by atoms with E-state index in [2.05, 4.69) is 50.1 Å². The first-order valence-electron chi connectivity index (χ1n) is 5.16. The van der Waals surface area contributed by atoms with E-state index in [1.54, 1.807) is 0 Å². The number of hydrogen-bond donors (Lipinski definition) is 0. The standard InChI is InChI=1S/C13H17N/c1-10(2)8-11-4-5-13-12(9-11)6-7-14(13)3/h4-5,8-9H,6-7H2,1-3H3. The van der Waals surface area contributed by atoms with Crippen LogP contribution in [0.4, 0.5) is 5.69 Å². The second kappa shape index (κ2) is 3.49. The normalized spacial score (nSPS) is 14.1. The van der Waals surface area contributed by atoms with E-state index >= 15 is 0 Å². The molecule has 1 aromatic carbocycles. The summed E-state index contributed by atoms with van der Waals surface area (Å²) in [5, 5.41) is 0. The third-order valence-corrected chi connectivity index (χ3v) is 2.69. The number of benzene rings is 1. The molecule has 2 rings (SSSR count). The highest BCUT2D eigenvalue weighted by Gasteiger charge is 2.14. The van der Waals surface area contributed by atoms with Crippen LogP contribution in [0, 0.1) is 0 Å². The number of allylic oxidation sites excluding steroid dienone is 1. The molecule has 0 fully saturated rings. The van der Waals surface area contributed by atoms with Crippen molar-refractivity contribution in [3.8, 4) is 0 Å². The molecule has 74 valence electrons. The van der Waals surface area contributed by atoms with Crippen LogP contribution in [0.15, 0.2) is 23.8 Å². The molecule has 0 N–H and O–H groups in total. The summed E-state index contributed by atoms with van der Waals surface area (Å²) in [5.41, 5.74) is 5.58. The molecule has 0 aliphatic carbocycles. The summed E-state index contributed by atoms with van der Waals surface area (Å²) in [4.78, 5) is 2.32. The molecule has 0 unspecified atom stereocenters. The number of nitrogens with zero attached hydrogens (tertiary/aromatic N) is 1. The molecule has 1 heteroatoms. The van der Waals surface area contributed by atoms with E-state index in [4.69, 9.17) is 0 Å². The average Bonchev–Trinajstić information content (AvgIpc) is 2.46. The highest BCUT2D eigenvalue weighted by atomic mass is 15.1. The Morgan fingerprint density at radius 2 is 2.14 bits per heavy atom. The molecular formula is C13H17N. The molecule has 14 heavy (non-hydrogen) atoms. The van der Waals surface area contributed by atoms with Crippen molar-refractivity contribution in [1.82, 2.24) is 0 Å². The molecule has 0 saturated heterocycles. The van der Waals surface area contributed by atoms with Gasteiger partial charge in [0, 0.05) is 19.3 Å². The van der Waals surface area contributed by atoms with Crippen LogP contribution in [-0.4, -0.2) is 13.6 Å². The molecule has 1 aromatic rings. The second-order valence-corrected chi connectivity index (χ2v) is 4.28. The zero-order valence-corrected chi connectivity index (χ0v) is 9.17.